The van der Waals surface area contributed by atoms with Gasteiger partial charge in [0.25, 0.3) is 5.69 Å². The van der Waals surface area contributed by atoms with Crippen LogP contribution >= 0.6 is 0 Å². The maximum Gasteiger partial charge on any atom is 0.273 e. The van der Waals surface area contributed by atoms with Gasteiger partial charge in [0.05, 0.1) is 9.82 Å². The van der Waals surface area contributed by atoms with Crippen LogP contribution < -0.4 is 5.32 Å². The number of benzene rings is 1. The normalized spacial score (nSPS) is 27.3. The molecule has 3 rings (SSSR count). The first-order chi connectivity index (χ1) is 10.8. The summed E-state index contributed by atoms with van der Waals surface area (Å²) in [4.78, 5) is 10.5. The van der Waals surface area contributed by atoms with E-state index in [2.05, 4.69) is 5.32 Å². The SMILES string of the molecule is Cc1c([N+](=O)[O-])cccc1S(=O)(=O)N(C)C1CC2CCC(C1)N2. The molecular weight excluding hydrogens is 318 g/mol. The highest BCUT2D eigenvalue weighted by molar-refractivity contribution is 7.89. The minimum atomic E-state index is -3.74. The minimum Gasteiger partial charge on any atom is -0.311 e. The van der Waals surface area contributed by atoms with Gasteiger partial charge in [-0.1, -0.05) is 6.07 Å². The summed E-state index contributed by atoms with van der Waals surface area (Å²) in [6.45, 7) is 1.49. The molecule has 2 atom stereocenters. The molecule has 1 N–H and O–H groups in total. The molecule has 0 spiro atoms. The minimum absolute atomic E-state index is 0.0279. The van der Waals surface area contributed by atoms with Crippen LogP contribution in [0.1, 0.15) is 31.2 Å². The molecule has 0 radical (unpaired) electrons. The molecule has 0 amide bonds. The van der Waals surface area contributed by atoms with Crippen LogP contribution in [0.2, 0.25) is 0 Å². The van der Waals surface area contributed by atoms with Gasteiger partial charge in [0, 0.05) is 36.8 Å². The molecule has 2 bridgehead atoms. The Morgan fingerprint density at radius 3 is 2.43 bits per heavy atom. The van der Waals surface area contributed by atoms with Gasteiger partial charge in [-0.3, -0.25) is 10.1 Å². The molecule has 0 aromatic heterocycles. The van der Waals surface area contributed by atoms with Crippen molar-refractivity contribution in [3.8, 4) is 0 Å². The number of fused-ring (bicyclic) bond motifs is 2. The number of piperidine rings is 1. The second-order valence-corrected chi connectivity index (χ2v) is 8.41. The molecule has 2 unspecified atom stereocenters. The fraction of sp³-hybridized carbons (Fsp3) is 0.600. The molecule has 2 fully saturated rings. The first-order valence-electron chi connectivity index (χ1n) is 7.79. The van der Waals surface area contributed by atoms with Crippen molar-refractivity contribution in [2.45, 2.75) is 55.6 Å². The fourth-order valence-corrected chi connectivity index (χ4v) is 5.37. The van der Waals surface area contributed by atoms with E-state index in [1.807, 2.05) is 0 Å². The first-order valence-corrected chi connectivity index (χ1v) is 9.23. The summed E-state index contributed by atoms with van der Waals surface area (Å²) in [5.41, 5.74) is 0.0334. The van der Waals surface area contributed by atoms with E-state index in [0.29, 0.717) is 12.1 Å². The molecule has 0 aliphatic carbocycles. The Balaban J connectivity index is 1.92. The molecule has 7 nitrogen and oxygen atoms in total. The lowest BCUT2D eigenvalue weighted by Crippen LogP contribution is -2.48. The topological polar surface area (TPSA) is 92.5 Å². The number of rotatable bonds is 4. The molecule has 23 heavy (non-hydrogen) atoms. The second-order valence-electron chi connectivity index (χ2n) is 6.44. The number of nitrogens with zero attached hydrogens (tertiary/aromatic N) is 2. The van der Waals surface area contributed by atoms with Crippen molar-refractivity contribution >= 4 is 15.7 Å². The standard InChI is InChI=1S/C15H21N3O4S/c1-10-14(18(19)20)4-3-5-15(10)23(21,22)17(2)13-8-11-6-7-12(9-13)16-11/h3-5,11-13,16H,6-9H2,1-2H3. The molecule has 2 aliphatic rings. The highest BCUT2D eigenvalue weighted by Crippen LogP contribution is 2.33. The van der Waals surface area contributed by atoms with Gasteiger partial charge in [0.15, 0.2) is 0 Å². The Morgan fingerprint density at radius 2 is 1.87 bits per heavy atom. The van der Waals surface area contributed by atoms with Crippen molar-refractivity contribution in [2.24, 2.45) is 0 Å². The van der Waals surface area contributed by atoms with Crippen LogP contribution in [0.3, 0.4) is 0 Å². The van der Waals surface area contributed by atoms with Crippen LogP contribution in [0.4, 0.5) is 5.69 Å². The van der Waals surface area contributed by atoms with E-state index >= 15 is 0 Å². The quantitative estimate of drug-likeness (QED) is 0.667. The number of hydrogen-bond donors (Lipinski definition) is 1. The van der Waals surface area contributed by atoms with Crippen molar-refractivity contribution in [3.63, 3.8) is 0 Å². The third kappa shape index (κ3) is 2.86. The predicted octanol–water partition coefficient (Wildman–Crippen LogP) is 1.81. The van der Waals surface area contributed by atoms with Crippen molar-refractivity contribution in [2.75, 3.05) is 7.05 Å². The van der Waals surface area contributed by atoms with Gasteiger partial charge in [-0.05, 0) is 38.7 Å². The molecule has 1 aromatic carbocycles. The smallest absolute Gasteiger partial charge is 0.273 e. The van der Waals surface area contributed by atoms with E-state index in [0.717, 1.165) is 25.7 Å². The van der Waals surface area contributed by atoms with Gasteiger partial charge in [-0.15, -0.1) is 0 Å². The van der Waals surface area contributed by atoms with E-state index in [-0.39, 0.29) is 22.2 Å². The Labute approximate surface area is 135 Å². The Kier molecular flexibility index (Phi) is 4.16. The third-order valence-electron chi connectivity index (χ3n) is 5.07. The molecule has 126 valence electrons. The van der Waals surface area contributed by atoms with E-state index in [9.17, 15) is 18.5 Å². The predicted molar refractivity (Wildman–Crippen MR) is 85.7 cm³/mol. The van der Waals surface area contributed by atoms with Crippen LogP contribution in [0, 0.1) is 17.0 Å². The van der Waals surface area contributed by atoms with Gasteiger partial charge >= 0.3 is 0 Å². The van der Waals surface area contributed by atoms with E-state index in [1.165, 1.54) is 29.4 Å². The number of nitrogens with one attached hydrogen (secondary N) is 1. The Morgan fingerprint density at radius 1 is 1.26 bits per heavy atom. The zero-order valence-corrected chi connectivity index (χ0v) is 14.0. The van der Waals surface area contributed by atoms with Gasteiger partial charge < -0.3 is 5.32 Å². The number of hydrogen-bond acceptors (Lipinski definition) is 5. The van der Waals surface area contributed by atoms with Crippen LogP contribution in [-0.4, -0.2) is 42.8 Å². The highest BCUT2D eigenvalue weighted by atomic mass is 32.2. The molecule has 8 heteroatoms. The maximum absolute atomic E-state index is 12.9. The van der Waals surface area contributed by atoms with Crippen molar-refractivity contribution < 1.29 is 13.3 Å². The first kappa shape index (κ1) is 16.4. The summed E-state index contributed by atoms with van der Waals surface area (Å²) in [6.07, 6.45) is 3.76. The van der Waals surface area contributed by atoms with Crippen LogP contribution in [0.5, 0.6) is 0 Å². The number of nitro groups is 1. The van der Waals surface area contributed by atoms with Crippen molar-refractivity contribution in [1.82, 2.24) is 9.62 Å². The molecular formula is C15H21N3O4S. The molecule has 0 saturated carbocycles. The summed E-state index contributed by atoms with van der Waals surface area (Å²) >= 11 is 0. The summed E-state index contributed by atoms with van der Waals surface area (Å²) in [6, 6.07) is 4.91. The average Bonchev–Trinajstić information content (AvgIpc) is 2.84. The molecule has 2 heterocycles. The fourth-order valence-electron chi connectivity index (χ4n) is 3.76. The van der Waals surface area contributed by atoms with E-state index < -0.39 is 14.9 Å². The molecule has 2 aliphatic heterocycles. The zero-order chi connectivity index (χ0) is 16.8. The van der Waals surface area contributed by atoms with Gasteiger partial charge in [0.2, 0.25) is 10.0 Å². The zero-order valence-electron chi connectivity index (χ0n) is 13.2. The van der Waals surface area contributed by atoms with E-state index in [1.54, 1.807) is 7.05 Å². The van der Waals surface area contributed by atoms with Crippen LogP contribution in [0.15, 0.2) is 23.1 Å². The monoisotopic (exact) mass is 339 g/mol. The van der Waals surface area contributed by atoms with Gasteiger partial charge in [-0.2, -0.15) is 4.31 Å². The lowest BCUT2D eigenvalue weighted by Gasteiger charge is -2.35. The average molecular weight is 339 g/mol. The van der Waals surface area contributed by atoms with Crippen molar-refractivity contribution in [1.29, 1.82) is 0 Å². The largest absolute Gasteiger partial charge is 0.311 e. The van der Waals surface area contributed by atoms with E-state index in [4.69, 9.17) is 0 Å². The lowest BCUT2D eigenvalue weighted by molar-refractivity contribution is -0.385. The summed E-state index contributed by atoms with van der Waals surface area (Å²) in [7, 11) is -2.16. The summed E-state index contributed by atoms with van der Waals surface area (Å²) in [5, 5.41) is 14.5. The van der Waals surface area contributed by atoms with Crippen LogP contribution in [-0.2, 0) is 10.0 Å². The van der Waals surface area contributed by atoms with Gasteiger partial charge in [-0.25, -0.2) is 8.42 Å². The van der Waals surface area contributed by atoms with Crippen molar-refractivity contribution in [3.05, 3.63) is 33.9 Å². The third-order valence-corrected chi connectivity index (χ3v) is 7.13. The Bertz CT molecular complexity index is 722. The van der Waals surface area contributed by atoms with Crippen LogP contribution in [0.25, 0.3) is 0 Å². The highest BCUT2D eigenvalue weighted by Gasteiger charge is 2.39. The lowest BCUT2D eigenvalue weighted by atomic mass is 10.0. The number of nitro benzene ring substituents is 1. The Hall–Kier alpha value is -1.51. The maximum atomic E-state index is 12.9. The molecule has 2 saturated heterocycles. The summed E-state index contributed by atoms with van der Waals surface area (Å²) in [5.74, 6) is 0. The second kappa shape index (κ2) is 5.85. The molecule has 1 aromatic rings. The van der Waals surface area contributed by atoms with Gasteiger partial charge in [0.1, 0.15) is 0 Å². The number of sulfonamides is 1. The summed E-state index contributed by atoms with van der Waals surface area (Å²) < 4.78 is 27.3.